The van der Waals surface area contributed by atoms with Crippen LogP contribution in [0.3, 0.4) is 0 Å². The molecule has 0 spiro atoms. The van der Waals surface area contributed by atoms with E-state index in [0.717, 1.165) is 47.8 Å². The van der Waals surface area contributed by atoms with Crippen LogP contribution in [-0.2, 0) is 10.0 Å². The number of thiophene rings is 1. The Morgan fingerprint density at radius 3 is 1.51 bits per heavy atom. The Morgan fingerprint density at radius 2 is 0.918 bits per heavy atom. The molecule has 0 saturated carbocycles. The minimum atomic E-state index is -4.12. The van der Waals surface area contributed by atoms with Crippen LogP contribution >= 0.6 is 11.3 Å². The van der Waals surface area contributed by atoms with E-state index in [4.69, 9.17) is 0 Å². The van der Waals surface area contributed by atoms with Crippen molar-refractivity contribution in [1.82, 2.24) is 0 Å². The largest absolute Gasteiger partial charge is 0.269 e. The summed E-state index contributed by atoms with van der Waals surface area (Å²) in [6, 6.07) is 58.3. The van der Waals surface area contributed by atoms with Gasteiger partial charge in [-0.05, 0) is 68.7 Å². The van der Waals surface area contributed by atoms with Crippen molar-refractivity contribution in [1.29, 1.82) is 0 Å². The third-order valence-corrected chi connectivity index (χ3v) is 12.2. The maximum absolute atomic E-state index is 15.3. The number of benzene rings is 8. The molecule has 9 rings (SSSR count). The summed E-state index contributed by atoms with van der Waals surface area (Å²) in [4.78, 5) is 0.283. The highest BCUT2D eigenvalue weighted by atomic mass is 32.2. The van der Waals surface area contributed by atoms with Gasteiger partial charge in [0.2, 0.25) is 0 Å². The Hall–Kier alpha value is -5.75. The van der Waals surface area contributed by atoms with E-state index < -0.39 is 10.0 Å². The maximum atomic E-state index is 15.3. The van der Waals surface area contributed by atoms with E-state index >= 15 is 8.42 Å². The van der Waals surface area contributed by atoms with Crippen molar-refractivity contribution in [2.24, 2.45) is 0 Å². The molecule has 0 amide bonds. The second kappa shape index (κ2) is 11.7. The normalized spacial score (nSPS) is 11.8. The highest BCUT2D eigenvalue weighted by Crippen LogP contribution is 2.45. The summed E-state index contributed by atoms with van der Waals surface area (Å²) in [5, 5.41) is 6.21. The lowest BCUT2D eigenvalue weighted by Crippen LogP contribution is -2.26. The second-order valence-corrected chi connectivity index (χ2v) is 15.0. The zero-order chi connectivity index (χ0) is 33.0. The van der Waals surface area contributed by atoms with Crippen molar-refractivity contribution in [3.05, 3.63) is 176 Å². The lowest BCUT2D eigenvalue weighted by atomic mass is 10.0. The molecule has 0 atom stereocenters. The predicted octanol–water partition coefficient (Wildman–Crippen LogP) is 12.2. The Kier molecular flexibility index (Phi) is 7.04. The molecule has 3 nitrogen and oxygen atoms in total. The minimum absolute atomic E-state index is 0.283. The Bertz CT molecular complexity index is 2670. The van der Waals surface area contributed by atoms with E-state index in [-0.39, 0.29) is 4.90 Å². The van der Waals surface area contributed by atoms with Crippen LogP contribution in [0.25, 0.3) is 64.0 Å². The summed E-state index contributed by atoms with van der Waals surface area (Å²) < 4.78 is 34.1. The van der Waals surface area contributed by atoms with Crippen molar-refractivity contribution in [3.8, 4) is 22.3 Å². The van der Waals surface area contributed by atoms with Crippen LogP contribution < -0.4 is 4.31 Å². The molecule has 0 aliphatic carbocycles. The molecular weight excluding hydrogens is 639 g/mol. The molecule has 49 heavy (non-hydrogen) atoms. The van der Waals surface area contributed by atoms with Crippen LogP contribution in [0.15, 0.2) is 181 Å². The Morgan fingerprint density at radius 1 is 0.429 bits per heavy atom. The van der Waals surface area contributed by atoms with Gasteiger partial charge >= 0.3 is 0 Å². The first kappa shape index (κ1) is 29.4. The molecule has 0 fully saturated rings. The molecule has 0 bridgehead atoms. The first-order valence-corrected chi connectivity index (χ1v) is 18.4. The fraction of sp³-hybridized carbons (Fsp3) is 0. The van der Waals surface area contributed by atoms with Gasteiger partial charge in [-0.2, -0.15) is 0 Å². The third-order valence-electron chi connectivity index (χ3n) is 9.27. The van der Waals surface area contributed by atoms with Crippen molar-refractivity contribution in [2.75, 3.05) is 4.31 Å². The zero-order valence-corrected chi connectivity index (χ0v) is 28.0. The van der Waals surface area contributed by atoms with Crippen LogP contribution in [0.4, 0.5) is 11.4 Å². The molecule has 5 heteroatoms. The summed E-state index contributed by atoms with van der Waals surface area (Å²) in [7, 11) is -4.12. The molecule has 1 heterocycles. The summed E-state index contributed by atoms with van der Waals surface area (Å²) in [6.07, 6.45) is 0. The highest BCUT2D eigenvalue weighted by Gasteiger charge is 2.30. The molecule has 0 aliphatic rings. The van der Waals surface area contributed by atoms with Crippen molar-refractivity contribution < 1.29 is 8.42 Å². The number of sulfonamides is 1. The van der Waals surface area contributed by atoms with Gasteiger partial charge in [0.15, 0.2) is 0 Å². The van der Waals surface area contributed by atoms with Gasteiger partial charge < -0.3 is 0 Å². The lowest BCUT2D eigenvalue weighted by Gasteiger charge is -2.26. The maximum Gasteiger partial charge on any atom is 0.269 e. The van der Waals surface area contributed by atoms with E-state index in [1.807, 2.05) is 115 Å². The first-order chi connectivity index (χ1) is 24.1. The summed E-state index contributed by atoms with van der Waals surface area (Å²) >= 11 is 1.66. The van der Waals surface area contributed by atoms with Crippen LogP contribution in [0.1, 0.15) is 0 Å². The average Bonchev–Trinajstić information content (AvgIpc) is 3.55. The first-order valence-electron chi connectivity index (χ1n) is 16.2. The lowest BCUT2D eigenvalue weighted by molar-refractivity contribution is 0.597. The van der Waals surface area contributed by atoms with Gasteiger partial charge in [-0.25, -0.2) is 12.7 Å². The molecule has 1 aromatic heterocycles. The highest BCUT2D eigenvalue weighted by molar-refractivity contribution is 7.93. The van der Waals surface area contributed by atoms with Crippen LogP contribution in [-0.4, -0.2) is 8.42 Å². The van der Waals surface area contributed by atoms with Gasteiger partial charge in [0.05, 0.1) is 16.3 Å². The zero-order valence-electron chi connectivity index (χ0n) is 26.3. The minimum Gasteiger partial charge on any atom is -0.235 e. The van der Waals surface area contributed by atoms with E-state index in [0.29, 0.717) is 16.8 Å². The van der Waals surface area contributed by atoms with Gasteiger partial charge in [-0.15, -0.1) is 11.3 Å². The molecule has 8 aromatic carbocycles. The standard InChI is InChI=1S/C44H29NO2S2/c46-49(47,42-29-41-43(39-18-10-9-17-38(39)42)40-28-23-34-15-7-8-16-37(34)44(40)48-41)45(35-24-19-32(20-25-35)30-11-3-1-4-12-30)36-26-21-33(22-27-36)31-13-5-2-6-14-31/h1-29H. The van der Waals surface area contributed by atoms with Gasteiger partial charge in [-0.1, -0.05) is 146 Å². The third kappa shape index (κ3) is 4.98. The molecule has 0 saturated heterocycles. The molecule has 0 N–H and O–H groups in total. The van der Waals surface area contributed by atoms with E-state index in [1.165, 1.54) is 15.1 Å². The summed E-state index contributed by atoms with van der Waals surface area (Å²) in [5.41, 5.74) is 5.32. The number of hydrogen-bond donors (Lipinski definition) is 0. The number of fused-ring (bicyclic) bond motifs is 7. The number of hydrogen-bond acceptors (Lipinski definition) is 3. The molecule has 9 aromatic rings. The monoisotopic (exact) mass is 667 g/mol. The summed E-state index contributed by atoms with van der Waals surface area (Å²) in [5.74, 6) is 0. The van der Waals surface area contributed by atoms with Gasteiger partial charge in [-0.3, -0.25) is 0 Å². The van der Waals surface area contributed by atoms with Gasteiger partial charge in [0, 0.05) is 25.6 Å². The van der Waals surface area contributed by atoms with Crippen molar-refractivity contribution in [3.63, 3.8) is 0 Å². The molecule has 234 valence electrons. The second-order valence-electron chi connectivity index (χ2n) is 12.2. The quantitative estimate of drug-likeness (QED) is 0.177. The topological polar surface area (TPSA) is 37.4 Å². The number of anilines is 2. The Balaban J connectivity index is 1.26. The van der Waals surface area contributed by atoms with Crippen molar-refractivity contribution >= 4 is 74.5 Å². The molecule has 0 aliphatic heterocycles. The summed E-state index contributed by atoms with van der Waals surface area (Å²) in [6.45, 7) is 0. The Labute approximate surface area is 289 Å². The van der Waals surface area contributed by atoms with E-state index in [1.54, 1.807) is 11.3 Å². The van der Waals surface area contributed by atoms with Crippen molar-refractivity contribution in [2.45, 2.75) is 4.90 Å². The van der Waals surface area contributed by atoms with Crippen LogP contribution in [0.5, 0.6) is 0 Å². The van der Waals surface area contributed by atoms with Gasteiger partial charge in [0.1, 0.15) is 0 Å². The molecule has 0 unspecified atom stereocenters. The number of nitrogens with zero attached hydrogens (tertiary/aromatic N) is 1. The van der Waals surface area contributed by atoms with E-state index in [2.05, 4.69) is 60.7 Å². The number of rotatable bonds is 6. The average molecular weight is 668 g/mol. The predicted molar refractivity (Wildman–Crippen MR) is 207 cm³/mol. The van der Waals surface area contributed by atoms with Crippen LogP contribution in [0.2, 0.25) is 0 Å². The fourth-order valence-corrected chi connectivity index (χ4v) is 10.0. The van der Waals surface area contributed by atoms with E-state index in [9.17, 15) is 0 Å². The molecule has 0 radical (unpaired) electrons. The van der Waals surface area contributed by atoms with Crippen LogP contribution in [0, 0.1) is 0 Å². The fourth-order valence-electron chi connectivity index (χ4n) is 6.91. The smallest absolute Gasteiger partial charge is 0.235 e. The molecular formula is C44H29NO2S2. The SMILES string of the molecule is O=S(=O)(c1cc2sc3c4ccccc4ccc3c2c2ccccc12)N(c1ccc(-c2ccccc2)cc1)c1ccc(-c2ccccc2)cc1. The van der Waals surface area contributed by atoms with Gasteiger partial charge in [0.25, 0.3) is 10.0 Å².